The SMILES string of the molecule is CNc1nc(NC2CCN(Cc3ccc4c(cc(C#N)n4CC(C)c4cn[nH]c4)c3C)CC2)c2cc(CC(F)(F)F)sc2n1. The minimum Gasteiger partial charge on any atom is -0.367 e. The monoisotopic (exact) mass is 621 g/mol. The Kier molecular flexibility index (Phi) is 8.22. The Bertz CT molecular complexity index is 1810. The van der Waals surface area contributed by atoms with Crippen molar-refractivity contribution in [2.24, 2.45) is 0 Å². The smallest absolute Gasteiger partial charge is 0.367 e. The first-order chi connectivity index (χ1) is 21.1. The van der Waals surface area contributed by atoms with Gasteiger partial charge in [0.25, 0.3) is 0 Å². The lowest BCUT2D eigenvalue weighted by Gasteiger charge is -2.33. The number of benzene rings is 1. The van der Waals surface area contributed by atoms with E-state index in [9.17, 15) is 18.4 Å². The molecule has 1 aliphatic rings. The van der Waals surface area contributed by atoms with E-state index in [0.29, 0.717) is 34.2 Å². The molecule has 0 bridgehead atoms. The Morgan fingerprint density at radius 1 is 1.18 bits per heavy atom. The minimum absolute atomic E-state index is 0.146. The number of aryl methyl sites for hydroxylation is 1. The van der Waals surface area contributed by atoms with Gasteiger partial charge in [0, 0.05) is 67.2 Å². The van der Waals surface area contributed by atoms with Crippen LogP contribution in [0.4, 0.5) is 24.9 Å². The van der Waals surface area contributed by atoms with Crippen molar-refractivity contribution in [2.45, 2.75) is 64.3 Å². The molecule has 0 radical (unpaired) electrons. The van der Waals surface area contributed by atoms with Crippen LogP contribution in [0.15, 0.2) is 36.7 Å². The summed E-state index contributed by atoms with van der Waals surface area (Å²) in [7, 11) is 1.70. The fourth-order valence-corrected chi connectivity index (χ4v) is 7.10. The quantitative estimate of drug-likeness (QED) is 0.171. The second-order valence-corrected chi connectivity index (χ2v) is 12.6. The molecule has 0 spiro atoms. The number of piperidine rings is 1. The lowest BCUT2D eigenvalue weighted by atomic mass is 10.0. The van der Waals surface area contributed by atoms with Crippen molar-refractivity contribution in [3.63, 3.8) is 0 Å². The summed E-state index contributed by atoms with van der Waals surface area (Å²) < 4.78 is 41.2. The van der Waals surface area contributed by atoms with Gasteiger partial charge in [-0.25, -0.2) is 4.98 Å². The van der Waals surface area contributed by atoms with Gasteiger partial charge in [-0.15, -0.1) is 11.3 Å². The highest BCUT2D eigenvalue weighted by Gasteiger charge is 2.29. The number of rotatable bonds is 9. The van der Waals surface area contributed by atoms with Crippen LogP contribution in [0.5, 0.6) is 0 Å². The molecule has 3 N–H and O–H groups in total. The lowest BCUT2D eigenvalue weighted by Crippen LogP contribution is -2.39. The summed E-state index contributed by atoms with van der Waals surface area (Å²) in [5, 5.41) is 25.0. The molecule has 13 heteroatoms. The highest BCUT2D eigenvalue weighted by Crippen LogP contribution is 2.35. The summed E-state index contributed by atoms with van der Waals surface area (Å²) in [6.07, 6.45) is 0.233. The van der Waals surface area contributed by atoms with Crippen LogP contribution in [0.25, 0.3) is 21.1 Å². The molecule has 4 aromatic heterocycles. The van der Waals surface area contributed by atoms with Gasteiger partial charge in [-0.05, 0) is 54.7 Å². The van der Waals surface area contributed by atoms with Crippen LogP contribution in [-0.4, -0.2) is 62.0 Å². The van der Waals surface area contributed by atoms with E-state index >= 15 is 0 Å². The first kappa shape index (κ1) is 29.9. The number of aromatic amines is 1. The van der Waals surface area contributed by atoms with Gasteiger partial charge in [0.1, 0.15) is 22.4 Å². The Balaban J connectivity index is 1.13. The van der Waals surface area contributed by atoms with Crippen molar-refractivity contribution in [3.8, 4) is 6.07 Å². The van der Waals surface area contributed by atoms with E-state index in [-0.39, 0.29) is 16.8 Å². The summed E-state index contributed by atoms with van der Waals surface area (Å²) in [5.74, 6) is 1.16. The number of alkyl halides is 3. The molecule has 0 aliphatic carbocycles. The number of hydrogen-bond donors (Lipinski definition) is 3. The molecule has 230 valence electrons. The van der Waals surface area contributed by atoms with Crippen LogP contribution in [0.1, 0.15) is 52.9 Å². The van der Waals surface area contributed by atoms with Crippen LogP contribution in [-0.2, 0) is 19.5 Å². The van der Waals surface area contributed by atoms with Gasteiger partial charge in [-0.1, -0.05) is 13.0 Å². The Morgan fingerprint density at radius 2 is 1.98 bits per heavy atom. The highest BCUT2D eigenvalue weighted by molar-refractivity contribution is 7.18. The largest absolute Gasteiger partial charge is 0.393 e. The van der Waals surface area contributed by atoms with E-state index in [1.54, 1.807) is 13.1 Å². The van der Waals surface area contributed by atoms with Crippen LogP contribution in [0, 0.1) is 18.3 Å². The first-order valence-electron chi connectivity index (χ1n) is 14.7. The van der Waals surface area contributed by atoms with Crippen molar-refractivity contribution >= 4 is 44.2 Å². The number of nitrogens with zero attached hydrogens (tertiary/aromatic N) is 6. The normalized spacial score (nSPS) is 15.6. The van der Waals surface area contributed by atoms with Gasteiger partial charge in [0.05, 0.1) is 18.0 Å². The molecule has 1 fully saturated rings. The standard InChI is InChI=1S/C31H34F3N9S/c1-18(21-14-37-38-15-21)16-43-23(13-35)10-25-19(2)20(4-5-27(25)43)17-42-8-6-22(7-9-42)39-28-26-11-24(12-31(32,33)34)44-29(26)41-30(36-3)40-28/h4-5,10-11,14-15,18,22H,6-9,12,16-17H2,1-3H3,(H,37,38)(H2,36,39,40,41). The summed E-state index contributed by atoms with van der Waals surface area (Å²) in [4.78, 5) is 12.1. The van der Waals surface area contributed by atoms with Gasteiger partial charge in [-0.2, -0.15) is 28.5 Å². The molecular formula is C31H34F3N9S. The van der Waals surface area contributed by atoms with Gasteiger partial charge >= 0.3 is 6.18 Å². The number of nitriles is 1. The molecule has 6 rings (SSSR count). The minimum atomic E-state index is -4.27. The number of thiophene rings is 1. The predicted molar refractivity (Wildman–Crippen MR) is 167 cm³/mol. The van der Waals surface area contributed by atoms with E-state index in [1.807, 2.05) is 18.5 Å². The number of anilines is 2. The molecule has 5 aromatic rings. The van der Waals surface area contributed by atoms with E-state index in [2.05, 4.69) is 72.3 Å². The van der Waals surface area contributed by atoms with Gasteiger partial charge < -0.3 is 15.2 Å². The molecule has 9 nitrogen and oxygen atoms in total. The number of halogens is 3. The van der Waals surface area contributed by atoms with Crippen LogP contribution in [0.2, 0.25) is 0 Å². The summed E-state index contributed by atoms with van der Waals surface area (Å²) in [6, 6.07) is 10.4. The Hall–Kier alpha value is -4.15. The lowest BCUT2D eigenvalue weighted by molar-refractivity contribution is -0.126. The van der Waals surface area contributed by atoms with Crippen LogP contribution >= 0.6 is 11.3 Å². The first-order valence-corrected chi connectivity index (χ1v) is 15.5. The fraction of sp³-hybridized carbons (Fsp3) is 0.419. The van der Waals surface area contributed by atoms with Crippen molar-refractivity contribution in [1.82, 2.24) is 29.6 Å². The van der Waals surface area contributed by atoms with Crippen molar-refractivity contribution in [3.05, 3.63) is 63.9 Å². The highest BCUT2D eigenvalue weighted by atomic mass is 32.1. The van der Waals surface area contributed by atoms with E-state index in [1.165, 1.54) is 11.1 Å². The number of hydrogen-bond acceptors (Lipinski definition) is 8. The van der Waals surface area contributed by atoms with Crippen LogP contribution in [0.3, 0.4) is 0 Å². The van der Waals surface area contributed by atoms with Crippen LogP contribution < -0.4 is 10.6 Å². The number of nitrogens with one attached hydrogen (secondary N) is 3. The topological polar surface area (TPSA) is 110 Å². The van der Waals surface area contributed by atoms with Crippen molar-refractivity contribution in [1.29, 1.82) is 5.26 Å². The third-order valence-corrected chi connectivity index (χ3v) is 9.52. The summed E-state index contributed by atoms with van der Waals surface area (Å²) in [5.41, 5.74) is 5.24. The number of fused-ring (bicyclic) bond motifs is 2. The Morgan fingerprint density at radius 3 is 2.66 bits per heavy atom. The average molecular weight is 622 g/mol. The Labute approximate surface area is 257 Å². The maximum absolute atomic E-state index is 13.0. The van der Waals surface area contributed by atoms with Gasteiger partial charge in [0.15, 0.2) is 0 Å². The zero-order valence-corrected chi connectivity index (χ0v) is 25.6. The van der Waals surface area contributed by atoms with Gasteiger partial charge in [0.2, 0.25) is 5.95 Å². The molecule has 1 unspecified atom stereocenters. The molecule has 0 saturated carbocycles. The molecule has 0 amide bonds. The molecule has 1 atom stereocenters. The van der Waals surface area contributed by atoms with E-state index in [0.717, 1.165) is 60.3 Å². The van der Waals surface area contributed by atoms with Crippen molar-refractivity contribution < 1.29 is 13.2 Å². The predicted octanol–water partition coefficient (Wildman–Crippen LogP) is 6.58. The number of aromatic nitrogens is 5. The molecule has 44 heavy (non-hydrogen) atoms. The molecule has 1 aromatic carbocycles. The average Bonchev–Trinajstić information content (AvgIpc) is 3.74. The maximum Gasteiger partial charge on any atom is 0.393 e. The van der Waals surface area contributed by atoms with Crippen molar-refractivity contribution in [2.75, 3.05) is 30.8 Å². The third-order valence-electron chi connectivity index (χ3n) is 8.49. The zero-order chi connectivity index (χ0) is 31.0. The maximum atomic E-state index is 13.0. The second-order valence-electron chi connectivity index (χ2n) is 11.5. The summed E-state index contributed by atoms with van der Waals surface area (Å²) >= 11 is 1.06. The fourth-order valence-electron chi connectivity index (χ4n) is 6.04. The molecule has 1 aliphatic heterocycles. The molecular weight excluding hydrogens is 587 g/mol. The third kappa shape index (κ3) is 6.23. The molecule has 1 saturated heterocycles. The zero-order valence-electron chi connectivity index (χ0n) is 24.8. The second kappa shape index (κ2) is 12.1. The van der Waals surface area contributed by atoms with E-state index in [4.69, 9.17) is 0 Å². The molecule has 5 heterocycles. The van der Waals surface area contributed by atoms with E-state index < -0.39 is 12.6 Å². The summed E-state index contributed by atoms with van der Waals surface area (Å²) in [6.45, 7) is 7.51. The van der Waals surface area contributed by atoms with Gasteiger partial charge in [-0.3, -0.25) is 10.00 Å². The number of likely N-dealkylation sites (tertiary alicyclic amines) is 1. The number of H-pyrrole nitrogens is 1.